The third-order valence-corrected chi connectivity index (χ3v) is 5.43. The number of aryl methyl sites for hydroxylation is 2. The van der Waals surface area contributed by atoms with Gasteiger partial charge in [-0.3, -0.25) is 4.90 Å². The summed E-state index contributed by atoms with van der Waals surface area (Å²) in [6, 6.07) is 14.7. The van der Waals surface area contributed by atoms with E-state index in [9.17, 15) is 5.11 Å². The minimum atomic E-state index is -0.198. The number of nitrogens with zero attached hydrogens (tertiary/aromatic N) is 2. The smallest absolute Gasteiger partial charge is 0.193 e. The van der Waals surface area contributed by atoms with E-state index in [2.05, 4.69) is 65.5 Å². The number of aliphatic hydroxyl groups is 1. The number of nitrogens with one attached hydrogen (secondary N) is 1. The Bertz CT molecular complexity index is 802. The van der Waals surface area contributed by atoms with Crippen LogP contribution in [0.5, 0.6) is 0 Å². The van der Waals surface area contributed by atoms with Crippen LogP contribution in [0.1, 0.15) is 42.5 Å². The molecule has 2 aromatic carbocycles. The van der Waals surface area contributed by atoms with Crippen molar-refractivity contribution in [2.75, 3.05) is 18.4 Å². The summed E-state index contributed by atoms with van der Waals surface area (Å²) < 4.78 is 0. The van der Waals surface area contributed by atoms with Crippen LogP contribution in [-0.4, -0.2) is 35.2 Å². The molecule has 1 aliphatic heterocycles. The Morgan fingerprint density at radius 2 is 1.69 bits per heavy atom. The maximum Gasteiger partial charge on any atom is 0.193 e. The van der Waals surface area contributed by atoms with E-state index in [1.165, 1.54) is 22.3 Å². The molecule has 2 aromatic rings. The summed E-state index contributed by atoms with van der Waals surface area (Å²) in [6.07, 6.45) is 2.56. The number of halogens is 1. The second kappa shape index (κ2) is 11.5. The van der Waals surface area contributed by atoms with Crippen molar-refractivity contribution in [2.45, 2.75) is 52.3 Å². The number of aliphatic imine (C=N–C) groups is 1. The van der Waals surface area contributed by atoms with E-state index in [0.717, 1.165) is 44.6 Å². The van der Waals surface area contributed by atoms with Crippen LogP contribution in [0.25, 0.3) is 0 Å². The Labute approximate surface area is 191 Å². The summed E-state index contributed by atoms with van der Waals surface area (Å²) in [6.45, 7) is 7.37. The number of β-amino-alcohol motifs (C(OH)–C–C–N with tert-alkyl or cyclic N) is 1. The van der Waals surface area contributed by atoms with Crippen molar-refractivity contribution in [3.05, 3.63) is 64.7 Å². The van der Waals surface area contributed by atoms with Crippen molar-refractivity contribution in [3.63, 3.8) is 0 Å². The minimum absolute atomic E-state index is 0. The Balaban J connectivity index is 0.00000300. The number of guanidine groups is 1. The number of likely N-dealkylation sites (tertiary alicyclic amines) is 1. The van der Waals surface area contributed by atoms with Crippen LogP contribution < -0.4 is 11.1 Å². The van der Waals surface area contributed by atoms with Crippen molar-refractivity contribution in [1.82, 2.24) is 4.90 Å². The zero-order chi connectivity index (χ0) is 19.9. The van der Waals surface area contributed by atoms with Gasteiger partial charge in [-0.1, -0.05) is 56.3 Å². The molecule has 0 spiro atoms. The van der Waals surface area contributed by atoms with E-state index < -0.39 is 0 Å². The number of rotatable bonds is 7. The second-order valence-electron chi connectivity index (χ2n) is 7.43. The van der Waals surface area contributed by atoms with Crippen LogP contribution in [0, 0.1) is 0 Å². The van der Waals surface area contributed by atoms with Gasteiger partial charge in [-0.25, -0.2) is 4.99 Å². The fourth-order valence-electron chi connectivity index (χ4n) is 3.80. The van der Waals surface area contributed by atoms with Crippen LogP contribution in [0.4, 0.5) is 5.69 Å². The quantitative estimate of drug-likeness (QED) is 0.301. The highest BCUT2D eigenvalue weighted by atomic mass is 127. The zero-order valence-electron chi connectivity index (χ0n) is 17.4. The predicted molar refractivity (Wildman–Crippen MR) is 132 cm³/mol. The predicted octanol–water partition coefficient (Wildman–Crippen LogP) is 3.92. The van der Waals surface area contributed by atoms with Gasteiger partial charge in [-0.15, -0.1) is 24.0 Å². The van der Waals surface area contributed by atoms with E-state index in [0.29, 0.717) is 12.5 Å². The molecule has 0 aromatic heterocycles. The van der Waals surface area contributed by atoms with Crippen LogP contribution in [0.3, 0.4) is 0 Å². The topological polar surface area (TPSA) is 73.9 Å². The van der Waals surface area contributed by atoms with Gasteiger partial charge in [0.05, 0.1) is 12.6 Å². The normalized spacial score (nSPS) is 17.2. The lowest BCUT2D eigenvalue weighted by atomic mass is 10.0. The maximum absolute atomic E-state index is 9.76. The summed E-state index contributed by atoms with van der Waals surface area (Å²) in [5.41, 5.74) is 12.2. The van der Waals surface area contributed by atoms with Gasteiger partial charge in [0.1, 0.15) is 0 Å². The minimum Gasteiger partial charge on any atom is -0.392 e. The number of anilines is 1. The molecule has 5 nitrogen and oxygen atoms in total. The van der Waals surface area contributed by atoms with E-state index in [1.807, 2.05) is 6.07 Å². The first kappa shape index (κ1) is 23.6. The molecule has 0 aliphatic carbocycles. The molecule has 158 valence electrons. The second-order valence-corrected chi connectivity index (χ2v) is 7.43. The monoisotopic (exact) mass is 508 g/mol. The van der Waals surface area contributed by atoms with E-state index in [1.54, 1.807) is 0 Å². The number of benzene rings is 2. The molecular formula is C23H33IN4O. The summed E-state index contributed by atoms with van der Waals surface area (Å²) >= 11 is 0. The van der Waals surface area contributed by atoms with Crippen molar-refractivity contribution in [3.8, 4) is 0 Å². The summed E-state index contributed by atoms with van der Waals surface area (Å²) in [7, 11) is 0. The molecule has 0 amide bonds. The van der Waals surface area contributed by atoms with Crippen LogP contribution >= 0.6 is 24.0 Å². The summed E-state index contributed by atoms with van der Waals surface area (Å²) in [5.74, 6) is 0.446. The van der Waals surface area contributed by atoms with Crippen LogP contribution in [0.15, 0.2) is 47.5 Å². The lowest BCUT2D eigenvalue weighted by Crippen LogP contribution is -2.24. The highest BCUT2D eigenvalue weighted by molar-refractivity contribution is 14.0. The number of para-hydroxylation sites is 1. The fraction of sp³-hybridized carbons (Fsp3) is 0.435. The molecule has 1 aliphatic rings. The van der Waals surface area contributed by atoms with Crippen molar-refractivity contribution in [1.29, 1.82) is 0 Å². The van der Waals surface area contributed by atoms with Crippen molar-refractivity contribution >= 4 is 35.6 Å². The van der Waals surface area contributed by atoms with E-state index in [-0.39, 0.29) is 30.1 Å². The molecule has 6 heteroatoms. The summed E-state index contributed by atoms with van der Waals surface area (Å²) in [4.78, 5) is 6.90. The maximum atomic E-state index is 9.76. The molecule has 1 saturated heterocycles. The molecule has 1 atom stereocenters. The molecule has 29 heavy (non-hydrogen) atoms. The largest absolute Gasteiger partial charge is 0.392 e. The van der Waals surface area contributed by atoms with Gasteiger partial charge in [0.2, 0.25) is 0 Å². The lowest BCUT2D eigenvalue weighted by Gasteiger charge is -2.17. The molecule has 0 bridgehead atoms. The average molecular weight is 508 g/mol. The number of hydrogen-bond donors (Lipinski definition) is 3. The molecule has 3 rings (SSSR count). The summed E-state index contributed by atoms with van der Waals surface area (Å²) in [5, 5.41) is 13.1. The van der Waals surface area contributed by atoms with Crippen molar-refractivity contribution in [2.24, 2.45) is 10.7 Å². The van der Waals surface area contributed by atoms with Crippen molar-refractivity contribution < 1.29 is 5.11 Å². The average Bonchev–Trinajstić information content (AvgIpc) is 3.12. The highest BCUT2D eigenvalue weighted by Gasteiger charge is 2.20. The number of nitrogens with two attached hydrogens (primary N) is 1. The molecule has 1 unspecified atom stereocenters. The van der Waals surface area contributed by atoms with Gasteiger partial charge < -0.3 is 16.2 Å². The molecule has 4 N–H and O–H groups in total. The van der Waals surface area contributed by atoms with Gasteiger partial charge >= 0.3 is 0 Å². The highest BCUT2D eigenvalue weighted by Crippen LogP contribution is 2.22. The van der Waals surface area contributed by atoms with Crippen LogP contribution in [0.2, 0.25) is 0 Å². The zero-order valence-corrected chi connectivity index (χ0v) is 19.7. The Kier molecular flexibility index (Phi) is 9.39. The lowest BCUT2D eigenvalue weighted by molar-refractivity contribution is 0.174. The van der Waals surface area contributed by atoms with Crippen LogP contribution in [-0.2, 0) is 25.9 Å². The first-order chi connectivity index (χ1) is 13.6. The van der Waals surface area contributed by atoms with Gasteiger partial charge in [-0.2, -0.15) is 0 Å². The molecule has 1 heterocycles. The Morgan fingerprint density at radius 1 is 1.07 bits per heavy atom. The van der Waals surface area contributed by atoms with Gasteiger partial charge in [0.25, 0.3) is 0 Å². The van der Waals surface area contributed by atoms with Gasteiger partial charge in [0, 0.05) is 25.3 Å². The number of hydrogen-bond acceptors (Lipinski definition) is 3. The SMILES string of the molecule is CCc1cccc(CC)c1NC(N)=NCc1ccccc1CN1CCC(O)C1.I. The van der Waals surface area contributed by atoms with Gasteiger partial charge in [0.15, 0.2) is 5.96 Å². The fourth-order valence-corrected chi connectivity index (χ4v) is 3.80. The third-order valence-electron chi connectivity index (χ3n) is 5.43. The molecular weight excluding hydrogens is 475 g/mol. The first-order valence-corrected chi connectivity index (χ1v) is 10.3. The number of aliphatic hydroxyl groups excluding tert-OH is 1. The third kappa shape index (κ3) is 6.42. The van der Waals surface area contributed by atoms with E-state index in [4.69, 9.17) is 5.73 Å². The Hall–Kier alpha value is -1.64. The first-order valence-electron chi connectivity index (χ1n) is 10.3. The molecule has 0 saturated carbocycles. The van der Waals surface area contributed by atoms with Gasteiger partial charge in [-0.05, 0) is 41.5 Å². The Morgan fingerprint density at radius 3 is 2.28 bits per heavy atom. The standard InChI is InChI=1S/C23H32N4O.HI/c1-3-17-10-7-11-18(4-2)22(17)26-23(24)25-14-19-8-5-6-9-20(19)15-27-13-12-21(28)16-27;/h5-11,21,28H,3-4,12-16H2,1-2H3,(H3,24,25,26);1H. The molecule has 0 radical (unpaired) electrons. The molecule has 1 fully saturated rings. The van der Waals surface area contributed by atoms with E-state index >= 15 is 0 Å².